The molecule has 0 radical (unpaired) electrons. The summed E-state index contributed by atoms with van der Waals surface area (Å²) in [5, 5.41) is 39.5. The fourth-order valence-electron chi connectivity index (χ4n) is 10.6. The molecule has 328 valence electrons. The summed E-state index contributed by atoms with van der Waals surface area (Å²) in [5.74, 6) is -2.35. The lowest BCUT2D eigenvalue weighted by molar-refractivity contribution is -0.949. The maximum absolute atomic E-state index is 13.3. The highest BCUT2D eigenvalue weighted by atomic mass is 79.9. The first-order valence-corrected chi connectivity index (χ1v) is 23.6. The first kappa shape index (κ1) is 44.5. The van der Waals surface area contributed by atoms with Gasteiger partial charge in [0, 0.05) is 25.7 Å². The summed E-state index contributed by atoms with van der Waals surface area (Å²) in [6.07, 6.45) is 1.88. The van der Waals surface area contributed by atoms with Crippen molar-refractivity contribution in [3.05, 3.63) is 89.6 Å². The van der Waals surface area contributed by atoms with Crippen molar-refractivity contribution in [3.63, 3.8) is 0 Å². The molecular weight excluding hydrogens is 933 g/mol. The van der Waals surface area contributed by atoms with Gasteiger partial charge in [0.25, 0.3) is 0 Å². The molecule has 4 unspecified atom stereocenters. The Morgan fingerprint density at radius 2 is 0.967 bits per heavy atom. The summed E-state index contributed by atoms with van der Waals surface area (Å²) in [6.45, 7) is 2.51. The standard InChI is InChI=1S/C22H26NO6S2.C20H21NO6S2.BrH/c1-3-27-18(24)12-23(2)14-10-13(11-15(23)20-19(14)29-20)28-21(25)22(26,16-6-4-8-30-16)17-7-5-9-31-17;1-21(10-16(22)23)12-8-11(9-13(21)18-17(12)27-18)26-19(24)20(25,14-4-2-6-28-14)15-5-3-7-29-15;/h4-9,13-15,19-20,26H,3,10-12H2,1-2H3;2-7,11-13,17-18,25H,8-10H2,1H3;1H/q+1;;/t13?,14-,15+,19-,20+,23?;11?,12-,13+,17-,18+,21?;. The third-order valence-corrected chi connectivity index (χ3v) is 17.5. The Morgan fingerprint density at radius 3 is 1.25 bits per heavy atom. The Labute approximate surface area is 379 Å². The largest absolute Gasteiger partial charge is 1.00 e. The van der Waals surface area contributed by atoms with E-state index in [9.17, 15) is 34.5 Å². The van der Waals surface area contributed by atoms with E-state index in [-0.39, 0.29) is 90.3 Å². The van der Waals surface area contributed by atoms with Crippen LogP contribution in [0.15, 0.2) is 70.1 Å². The third-order valence-electron chi connectivity index (χ3n) is 13.6. The van der Waals surface area contributed by atoms with E-state index in [0.717, 1.165) is 0 Å². The minimum Gasteiger partial charge on any atom is -1.00 e. The maximum Gasteiger partial charge on any atom is 0.361 e. The molecule has 4 aromatic rings. The Hall–Kier alpha value is -3.08. The first-order valence-electron chi connectivity index (χ1n) is 20.1. The van der Waals surface area contributed by atoms with Gasteiger partial charge in [-0.05, 0) is 52.7 Å². The monoisotopic (exact) mass is 979 g/mol. The van der Waals surface area contributed by atoms with Gasteiger partial charge in [0.1, 0.15) is 60.8 Å². The maximum atomic E-state index is 13.3. The Kier molecular flexibility index (Phi) is 12.3. The van der Waals surface area contributed by atoms with Crippen LogP contribution in [0.4, 0.5) is 0 Å². The van der Waals surface area contributed by atoms with Gasteiger partial charge in [-0.2, -0.15) is 0 Å². The van der Waals surface area contributed by atoms with Crippen LogP contribution >= 0.6 is 45.3 Å². The smallest absolute Gasteiger partial charge is 0.361 e. The van der Waals surface area contributed by atoms with Gasteiger partial charge in [0.05, 0.1) is 40.2 Å². The summed E-state index contributed by atoms with van der Waals surface area (Å²) in [7, 11) is 4.04. The Balaban J connectivity index is 0.000000166. The minimum absolute atomic E-state index is 0. The van der Waals surface area contributed by atoms with Gasteiger partial charge in [0.2, 0.25) is 11.2 Å². The number of hydrogen-bond donors (Lipinski definition) is 3. The molecule has 0 amide bonds. The summed E-state index contributed by atoms with van der Waals surface area (Å²) in [6, 6.07) is 14.3. The number of carboxylic acid groups (broad SMARTS) is 1. The van der Waals surface area contributed by atoms with Gasteiger partial charge in [0.15, 0.2) is 13.1 Å². The minimum atomic E-state index is -1.82. The molecule has 6 aliphatic heterocycles. The topological polar surface area (TPSA) is 182 Å². The van der Waals surface area contributed by atoms with Crippen LogP contribution in [0.2, 0.25) is 0 Å². The van der Waals surface area contributed by atoms with Gasteiger partial charge in [-0.25, -0.2) is 19.2 Å². The molecule has 14 nitrogen and oxygen atoms in total. The number of aliphatic carboxylic acids is 1. The van der Waals surface area contributed by atoms with E-state index in [1.165, 1.54) is 45.3 Å². The highest BCUT2D eigenvalue weighted by Gasteiger charge is 2.74. The number of esters is 3. The number of halogens is 1. The molecule has 4 aromatic heterocycles. The molecule has 6 fully saturated rings. The number of thiophene rings is 4. The molecule has 6 saturated heterocycles. The van der Waals surface area contributed by atoms with E-state index in [0.29, 0.717) is 67.3 Å². The van der Waals surface area contributed by atoms with E-state index < -0.39 is 29.1 Å². The number of rotatable bonds is 13. The average molecular weight is 981 g/mol. The van der Waals surface area contributed by atoms with Crippen LogP contribution < -0.4 is 17.0 Å². The van der Waals surface area contributed by atoms with Crippen molar-refractivity contribution in [2.24, 2.45) is 0 Å². The zero-order valence-corrected chi connectivity index (χ0v) is 38.4. The number of nitrogens with zero attached hydrogens (tertiary/aromatic N) is 2. The van der Waals surface area contributed by atoms with Crippen molar-refractivity contribution in [2.75, 3.05) is 33.8 Å². The summed E-state index contributed by atoms with van der Waals surface area (Å²) >= 11 is 5.29. The predicted molar refractivity (Wildman–Crippen MR) is 220 cm³/mol. The van der Waals surface area contributed by atoms with Crippen molar-refractivity contribution in [1.29, 1.82) is 0 Å². The fraction of sp³-hybridized carbons (Fsp3) is 0.524. The summed E-state index contributed by atoms with van der Waals surface area (Å²) in [5.41, 5.74) is -3.63. The quantitative estimate of drug-likeness (QED) is 0.0753. The van der Waals surface area contributed by atoms with Crippen molar-refractivity contribution >= 4 is 69.2 Å². The number of aliphatic hydroxyl groups is 2. The highest BCUT2D eigenvalue weighted by molar-refractivity contribution is 7.12. The summed E-state index contributed by atoms with van der Waals surface area (Å²) in [4.78, 5) is 52.3. The normalized spacial score (nSPS) is 33.8. The number of carbonyl (C=O) groups is 4. The van der Waals surface area contributed by atoms with Crippen LogP contribution in [-0.2, 0) is 54.1 Å². The van der Waals surface area contributed by atoms with Gasteiger partial charge < -0.3 is 65.0 Å². The molecule has 3 N–H and O–H groups in total. The van der Waals surface area contributed by atoms with Crippen molar-refractivity contribution in [1.82, 2.24) is 0 Å². The zero-order valence-electron chi connectivity index (χ0n) is 33.6. The number of piperidine rings is 2. The van der Waals surface area contributed by atoms with Crippen molar-refractivity contribution in [3.8, 4) is 0 Å². The molecule has 0 saturated carbocycles. The number of hydrogen-bond acceptors (Lipinski definition) is 15. The molecule has 0 aliphatic carbocycles. The fourth-order valence-corrected chi connectivity index (χ4v) is 14.0. The summed E-state index contributed by atoms with van der Waals surface area (Å²) < 4.78 is 29.6. The second kappa shape index (κ2) is 16.8. The van der Waals surface area contributed by atoms with Crippen molar-refractivity contribution < 1.29 is 84.1 Å². The molecule has 19 heteroatoms. The van der Waals surface area contributed by atoms with E-state index in [2.05, 4.69) is 7.05 Å². The highest BCUT2D eigenvalue weighted by Crippen LogP contribution is 2.54. The van der Waals surface area contributed by atoms with Crippen LogP contribution in [0, 0.1) is 0 Å². The molecule has 12 atom stereocenters. The van der Waals surface area contributed by atoms with E-state index in [4.69, 9.17) is 23.7 Å². The Bertz CT molecular complexity index is 2100. The lowest BCUT2D eigenvalue weighted by atomic mass is 9.94. The number of ether oxygens (including phenoxy) is 5. The van der Waals surface area contributed by atoms with Gasteiger partial charge in [-0.3, -0.25) is 0 Å². The SMILES string of the molecule is CCOC(=O)C[N+]1(C)[C@@H]2CC(OC(=O)C(O)(c3cccs3)c3cccs3)C[C@H]1[C@@H]1O[C@@H]12.C[N+]1(CC(=O)O)[C@@H]2CC(OC(=O)C(O)(c3cccs3)c3cccs3)C[C@H]1[C@@H]1O[C@@H]12.[Br-]. The number of likely N-dealkylation sites (N-methyl/N-ethyl adjacent to an activating group) is 2. The van der Waals surface area contributed by atoms with E-state index >= 15 is 0 Å². The number of carbonyl (C=O) groups excluding carboxylic acids is 3. The van der Waals surface area contributed by atoms with Crippen LogP contribution in [-0.4, -0.2) is 143 Å². The third kappa shape index (κ3) is 7.64. The van der Waals surface area contributed by atoms with Crippen LogP contribution in [0.3, 0.4) is 0 Å². The molecule has 61 heavy (non-hydrogen) atoms. The second-order valence-corrected chi connectivity index (χ2v) is 20.7. The molecule has 10 rings (SSSR count). The van der Waals surface area contributed by atoms with Gasteiger partial charge >= 0.3 is 23.9 Å². The lowest BCUT2D eigenvalue weighted by Crippen LogP contribution is -3.00. The number of carboxylic acids is 1. The second-order valence-electron chi connectivity index (χ2n) is 16.9. The Morgan fingerprint density at radius 1 is 0.639 bits per heavy atom. The number of morpholine rings is 2. The molecular formula is C42H48BrN2O12S4+. The number of epoxide rings is 2. The average Bonchev–Trinajstić information content (AvgIpc) is 3.65. The number of fused-ring (bicyclic) bond motifs is 10. The van der Waals surface area contributed by atoms with Crippen LogP contribution in [0.1, 0.15) is 52.1 Å². The molecule has 10 heterocycles. The lowest BCUT2D eigenvalue weighted by Gasteiger charge is -2.47. The first-order chi connectivity index (χ1) is 28.7. The molecule has 0 spiro atoms. The van der Waals surface area contributed by atoms with E-state index in [1.54, 1.807) is 43.3 Å². The predicted octanol–water partition coefficient (Wildman–Crippen LogP) is 1.08. The van der Waals surface area contributed by atoms with Crippen LogP contribution in [0.25, 0.3) is 0 Å². The van der Waals surface area contributed by atoms with Gasteiger partial charge in [-0.15, -0.1) is 45.3 Å². The number of quaternary nitrogens is 2. The zero-order chi connectivity index (χ0) is 42.2. The van der Waals surface area contributed by atoms with E-state index in [1.807, 2.05) is 40.7 Å². The van der Waals surface area contributed by atoms with Crippen molar-refractivity contribution in [2.45, 2.75) is 105 Å². The van der Waals surface area contributed by atoms with Crippen LogP contribution in [0.5, 0.6) is 0 Å². The van der Waals surface area contributed by atoms with Gasteiger partial charge in [-0.1, -0.05) is 24.3 Å². The molecule has 4 bridgehead atoms. The molecule has 0 aromatic carbocycles. The molecule has 6 aliphatic rings.